The van der Waals surface area contributed by atoms with Crippen LogP contribution >= 0.6 is 11.3 Å². The Kier molecular flexibility index (Phi) is 6.17. The molecule has 0 unspecified atom stereocenters. The van der Waals surface area contributed by atoms with Crippen LogP contribution in [0.4, 0.5) is 4.39 Å². The minimum absolute atomic E-state index is 0.00778. The maximum absolute atomic E-state index is 13.5. The number of hydrogen-bond acceptors (Lipinski definition) is 6. The number of nitrogens with one attached hydrogen (secondary N) is 1. The van der Waals surface area contributed by atoms with E-state index in [1.807, 2.05) is 24.4 Å². The van der Waals surface area contributed by atoms with Gasteiger partial charge in [0.1, 0.15) is 12.4 Å². The van der Waals surface area contributed by atoms with E-state index in [4.69, 9.17) is 9.47 Å². The molecule has 3 heterocycles. The number of hydrogen-bond donors (Lipinski definition) is 1. The number of benzene rings is 1. The van der Waals surface area contributed by atoms with Gasteiger partial charge in [0.05, 0.1) is 17.6 Å². The maximum Gasteiger partial charge on any atom is 0.336 e. The number of allylic oxidation sites excluding steroid dienone is 3. The molecule has 1 fully saturated rings. The Labute approximate surface area is 196 Å². The minimum Gasteiger partial charge on any atom is -0.459 e. The van der Waals surface area contributed by atoms with Crippen molar-refractivity contribution in [3.8, 4) is 0 Å². The lowest BCUT2D eigenvalue weighted by Gasteiger charge is -2.36. The molecule has 3 atom stereocenters. The van der Waals surface area contributed by atoms with E-state index in [0.29, 0.717) is 36.3 Å². The first-order chi connectivity index (χ1) is 16.0. The van der Waals surface area contributed by atoms with Crippen LogP contribution in [0.25, 0.3) is 0 Å². The van der Waals surface area contributed by atoms with E-state index in [0.717, 1.165) is 29.0 Å². The zero-order valence-electron chi connectivity index (χ0n) is 18.4. The van der Waals surface area contributed by atoms with Gasteiger partial charge in [0.2, 0.25) is 0 Å². The summed E-state index contributed by atoms with van der Waals surface area (Å²) in [5, 5.41) is 5.30. The van der Waals surface area contributed by atoms with Crippen LogP contribution < -0.4 is 5.32 Å². The Bertz CT molecular complexity index is 1110. The zero-order chi connectivity index (χ0) is 22.9. The fourth-order valence-corrected chi connectivity index (χ4v) is 5.89. The molecule has 0 saturated carbocycles. The maximum atomic E-state index is 13.5. The molecule has 172 valence electrons. The third-order valence-electron chi connectivity index (χ3n) is 6.64. The van der Waals surface area contributed by atoms with Crippen LogP contribution in [0.5, 0.6) is 0 Å². The SMILES string of the molecule is CC1=C(C(=O)OC[C@@H]2CCCO2)[C@H](c2cccs2)C2=C(C[C@@H](c3ccc(F)cc3)CC2=O)N1. The first-order valence-corrected chi connectivity index (χ1v) is 12.2. The minimum atomic E-state index is -0.445. The van der Waals surface area contributed by atoms with Crippen molar-refractivity contribution in [2.45, 2.75) is 50.5 Å². The second-order valence-electron chi connectivity index (χ2n) is 8.82. The van der Waals surface area contributed by atoms with Crippen molar-refractivity contribution >= 4 is 23.1 Å². The molecule has 0 radical (unpaired) electrons. The van der Waals surface area contributed by atoms with Gasteiger partial charge in [-0.2, -0.15) is 0 Å². The molecule has 1 aromatic carbocycles. The van der Waals surface area contributed by atoms with Gasteiger partial charge in [-0.15, -0.1) is 11.3 Å². The van der Waals surface area contributed by atoms with Crippen molar-refractivity contribution in [3.63, 3.8) is 0 Å². The largest absolute Gasteiger partial charge is 0.459 e. The number of carbonyl (C=O) groups excluding carboxylic acids is 2. The Morgan fingerprint density at radius 1 is 1.24 bits per heavy atom. The number of dihydropyridines is 1. The highest BCUT2D eigenvalue weighted by Gasteiger charge is 2.42. The van der Waals surface area contributed by atoms with Crippen LogP contribution in [-0.4, -0.2) is 31.1 Å². The molecule has 1 N–H and O–H groups in total. The fraction of sp³-hybridized carbons (Fsp3) is 0.385. The Morgan fingerprint density at radius 3 is 2.76 bits per heavy atom. The summed E-state index contributed by atoms with van der Waals surface area (Å²) in [5.41, 5.74) is 3.62. The van der Waals surface area contributed by atoms with Gasteiger partial charge in [-0.05, 0) is 61.2 Å². The lowest BCUT2D eigenvalue weighted by Crippen LogP contribution is -2.36. The summed E-state index contributed by atoms with van der Waals surface area (Å²) in [4.78, 5) is 27.6. The topological polar surface area (TPSA) is 64.6 Å². The summed E-state index contributed by atoms with van der Waals surface area (Å²) in [6.07, 6.45) is 2.75. The Balaban J connectivity index is 1.45. The average Bonchev–Trinajstić information content (AvgIpc) is 3.51. The number of rotatable bonds is 5. The number of esters is 1. The van der Waals surface area contributed by atoms with Crippen LogP contribution in [0.1, 0.15) is 54.9 Å². The highest BCUT2D eigenvalue weighted by molar-refractivity contribution is 7.10. The number of ketones is 1. The molecule has 7 heteroatoms. The van der Waals surface area contributed by atoms with E-state index in [1.165, 1.54) is 23.5 Å². The second-order valence-corrected chi connectivity index (χ2v) is 9.80. The highest BCUT2D eigenvalue weighted by atomic mass is 32.1. The van der Waals surface area contributed by atoms with Gasteiger partial charge in [-0.3, -0.25) is 4.79 Å². The van der Waals surface area contributed by atoms with Crippen molar-refractivity contribution in [2.24, 2.45) is 0 Å². The van der Waals surface area contributed by atoms with Crippen molar-refractivity contribution in [3.05, 3.63) is 80.6 Å². The smallest absolute Gasteiger partial charge is 0.336 e. The summed E-state index contributed by atoms with van der Waals surface area (Å²) in [5.74, 6) is -1.17. The quantitative estimate of drug-likeness (QED) is 0.629. The number of thiophene rings is 1. The van der Waals surface area contributed by atoms with E-state index in [2.05, 4.69) is 5.32 Å². The van der Waals surface area contributed by atoms with Crippen LogP contribution in [0, 0.1) is 5.82 Å². The molecule has 2 aromatic rings. The van der Waals surface area contributed by atoms with Gasteiger partial charge in [0, 0.05) is 34.9 Å². The van der Waals surface area contributed by atoms with E-state index < -0.39 is 11.9 Å². The molecule has 0 amide bonds. The van der Waals surface area contributed by atoms with Gasteiger partial charge in [0.15, 0.2) is 5.78 Å². The van der Waals surface area contributed by atoms with E-state index in [-0.39, 0.29) is 30.2 Å². The molecular formula is C26H26FNO4S. The van der Waals surface area contributed by atoms with Gasteiger partial charge in [-0.25, -0.2) is 9.18 Å². The number of Topliss-reactive ketones (excluding diaryl/α,β-unsaturated/α-hetero) is 1. The van der Waals surface area contributed by atoms with Crippen LogP contribution in [-0.2, 0) is 19.1 Å². The number of halogens is 1. The molecule has 33 heavy (non-hydrogen) atoms. The van der Waals surface area contributed by atoms with E-state index in [1.54, 1.807) is 12.1 Å². The lowest BCUT2D eigenvalue weighted by molar-refractivity contribution is -0.142. The summed E-state index contributed by atoms with van der Waals surface area (Å²) in [7, 11) is 0. The predicted molar refractivity (Wildman–Crippen MR) is 123 cm³/mol. The molecule has 3 aliphatic rings. The molecule has 0 spiro atoms. The molecule has 1 aromatic heterocycles. The summed E-state index contributed by atoms with van der Waals surface area (Å²) < 4.78 is 24.6. The fourth-order valence-electron chi connectivity index (χ4n) is 5.04. The molecule has 5 rings (SSSR count). The Morgan fingerprint density at radius 2 is 2.06 bits per heavy atom. The van der Waals surface area contributed by atoms with Crippen molar-refractivity contribution in [2.75, 3.05) is 13.2 Å². The normalized spacial score (nSPS) is 25.2. The summed E-state index contributed by atoms with van der Waals surface area (Å²) in [6, 6.07) is 10.2. The van der Waals surface area contributed by atoms with Gasteiger partial charge in [-0.1, -0.05) is 18.2 Å². The second kappa shape index (κ2) is 9.23. The molecule has 1 aliphatic carbocycles. The lowest BCUT2D eigenvalue weighted by atomic mass is 9.73. The Hall–Kier alpha value is -2.77. The van der Waals surface area contributed by atoms with Gasteiger partial charge >= 0.3 is 5.97 Å². The van der Waals surface area contributed by atoms with Crippen LogP contribution in [0.3, 0.4) is 0 Å². The zero-order valence-corrected chi connectivity index (χ0v) is 19.3. The molecule has 2 aliphatic heterocycles. The van der Waals surface area contributed by atoms with Gasteiger partial charge in [0.25, 0.3) is 0 Å². The van der Waals surface area contributed by atoms with Crippen LogP contribution in [0.15, 0.2) is 64.3 Å². The van der Waals surface area contributed by atoms with Crippen molar-refractivity contribution in [1.82, 2.24) is 5.32 Å². The van der Waals surface area contributed by atoms with E-state index in [9.17, 15) is 14.0 Å². The van der Waals surface area contributed by atoms with E-state index >= 15 is 0 Å². The first-order valence-electron chi connectivity index (χ1n) is 11.3. The van der Waals surface area contributed by atoms with Crippen LogP contribution in [0.2, 0.25) is 0 Å². The van der Waals surface area contributed by atoms with Crippen molar-refractivity contribution < 1.29 is 23.5 Å². The third-order valence-corrected chi connectivity index (χ3v) is 7.58. The third kappa shape index (κ3) is 4.39. The highest BCUT2D eigenvalue weighted by Crippen LogP contribution is 2.46. The monoisotopic (exact) mass is 467 g/mol. The number of carbonyl (C=O) groups is 2. The molecular weight excluding hydrogens is 441 g/mol. The first kappa shape index (κ1) is 22.0. The molecule has 5 nitrogen and oxygen atoms in total. The average molecular weight is 468 g/mol. The van der Waals surface area contributed by atoms with Crippen molar-refractivity contribution in [1.29, 1.82) is 0 Å². The summed E-state index contributed by atoms with van der Waals surface area (Å²) >= 11 is 1.53. The summed E-state index contributed by atoms with van der Waals surface area (Å²) in [6.45, 7) is 2.78. The molecule has 1 saturated heterocycles. The predicted octanol–water partition coefficient (Wildman–Crippen LogP) is 4.97. The number of ether oxygens (including phenoxy) is 2. The van der Waals surface area contributed by atoms with Gasteiger partial charge < -0.3 is 14.8 Å². The molecule has 0 bridgehead atoms. The standard InChI is InChI=1S/C26H26FNO4S/c1-15-23(26(30)32-14-19-4-2-10-31-19)25(22-5-3-11-33-22)24-20(28-15)12-17(13-21(24)29)16-6-8-18(27)9-7-16/h3,5-9,11,17,19,25,28H,2,4,10,12-14H2,1H3/t17-,19+,25+/m1/s1.